The quantitative estimate of drug-likeness (QED) is 0.0707. The molecule has 8 aromatic rings. The molecule has 1 N–H and O–H groups in total. The maximum absolute atomic E-state index is 12.5. The number of carbonyl (C=O) groups excluding carboxylic acids is 1. The second kappa shape index (κ2) is 24.1. The number of nitrogens with zero attached hydrogens (tertiary/aromatic N) is 2. The molecule has 0 aliphatic heterocycles. The van der Waals surface area contributed by atoms with Crippen LogP contribution in [0.4, 0.5) is 0 Å². The molecule has 0 bridgehead atoms. The van der Waals surface area contributed by atoms with E-state index in [0.29, 0.717) is 5.92 Å². The Kier molecular flexibility index (Phi) is 18.2. The van der Waals surface area contributed by atoms with Crippen LogP contribution < -0.4 is 0 Å². The van der Waals surface area contributed by atoms with E-state index in [9.17, 15) is 9.90 Å². The molecule has 10 rings (SSSR count). The smallest absolute Gasteiger partial charge is 0.165 e. The summed E-state index contributed by atoms with van der Waals surface area (Å²) < 4.78 is 6.28. The number of fused-ring (bicyclic) bond motifs is 5. The van der Waals surface area contributed by atoms with Gasteiger partial charge in [-0.05, 0) is 138 Å². The first kappa shape index (κ1) is 54.4. The molecule has 0 amide bonds. The van der Waals surface area contributed by atoms with Gasteiger partial charge in [-0.3, -0.25) is 4.79 Å². The topological polar surface area (TPSA) is 76.2 Å². The third-order valence-electron chi connectivity index (χ3n) is 16.8. The van der Waals surface area contributed by atoms with Crippen LogP contribution in [-0.4, -0.2) is 20.9 Å². The summed E-state index contributed by atoms with van der Waals surface area (Å²) in [4.78, 5) is 22.0. The number of ketones is 1. The van der Waals surface area contributed by atoms with Crippen LogP contribution in [0, 0.1) is 43.7 Å². The van der Waals surface area contributed by atoms with E-state index in [2.05, 4.69) is 158 Å². The Morgan fingerprint density at radius 1 is 0.611 bits per heavy atom. The number of allylic oxidation sites excluding steroid dienone is 2. The normalized spacial score (nSPS) is 14.6. The molecule has 1 radical (unpaired) electrons. The number of furan rings is 1. The van der Waals surface area contributed by atoms with Crippen molar-refractivity contribution >= 4 is 49.3 Å². The summed E-state index contributed by atoms with van der Waals surface area (Å²) in [5.41, 5.74) is 11.8. The number of para-hydroxylation sites is 1. The van der Waals surface area contributed by atoms with Gasteiger partial charge < -0.3 is 19.5 Å². The molecule has 5 aromatic carbocycles. The van der Waals surface area contributed by atoms with Gasteiger partial charge in [0.05, 0.1) is 5.58 Å². The first-order valence-corrected chi connectivity index (χ1v) is 27.0. The molecule has 3 heterocycles. The second-order valence-corrected chi connectivity index (χ2v) is 20.7. The van der Waals surface area contributed by atoms with Gasteiger partial charge in [0.25, 0.3) is 0 Å². The van der Waals surface area contributed by atoms with Gasteiger partial charge in [-0.2, -0.15) is 0 Å². The molecule has 2 aliphatic rings. The number of pyridine rings is 2. The van der Waals surface area contributed by atoms with Crippen molar-refractivity contribution in [1.29, 1.82) is 0 Å². The Labute approximate surface area is 443 Å². The van der Waals surface area contributed by atoms with Crippen LogP contribution in [0.25, 0.3) is 66.0 Å². The van der Waals surface area contributed by atoms with Gasteiger partial charge in [0, 0.05) is 54.8 Å². The van der Waals surface area contributed by atoms with E-state index in [1.54, 1.807) is 0 Å². The van der Waals surface area contributed by atoms with Gasteiger partial charge in [-0.1, -0.05) is 154 Å². The molecule has 2 fully saturated rings. The van der Waals surface area contributed by atoms with E-state index in [4.69, 9.17) is 9.40 Å². The van der Waals surface area contributed by atoms with Gasteiger partial charge in [-0.25, -0.2) is 0 Å². The van der Waals surface area contributed by atoms with Crippen LogP contribution in [0.15, 0.2) is 120 Å². The van der Waals surface area contributed by atoms with Crippen LogP contribution in [0.2, 0.25) is 0 Å². The third-order valence-corrected chi connectivity index (χ3v) is 16.8. The van der Waals surface area contributed by atoms with Gasteiger partial charge >= 0.3 is 0 Å². The zero-order valence-electron chi connectivity index (χ0n) is 44.4. The summed E-state index contributed by atoms with van der Waals surface area (Å²) >= 11 is 0. The van der Waals surface area contributed by atoms with Crippen molar-refractivity contribution in [2.45, 2.75) is 164 Å². The average molecular weight is 1140 g/mol. The average Bonchev–Trinajstić information content (AvgIpc) is 4.21. The largest absolute Gasteiger partial charge is 0.512 e. The van der Waals surface area contributed by atoms with Crippen molar-refractivity contribution < 1.29 is 34.4 Å². The Balaban J connectivity index is 0.000000162. The molecule has 6 heteroatoms. The zero-order valence-corrected chi connectivity index (χ0v) is 46.8. The van der Waals surface area contributed by atoms with E-state index in [-0.39, 0.29) is 42.5 Å². The number of aryl methyl sites for hydroxylation is 3. The molecular formula is C66H76IrN2O3-2. The second-order valence-electron chi connectivity index (χ2n) is 20.7. The predicted octanol–water partition coefficient (Wildman–Crippen LogP) is 19.0. The van der Waals surface area contributed by atoms with E-state index < -0.39 is 0 Å². The van der Waals surface area contributed by atoms with Gasteiger partial charge in [0.2, 0.25) is 0 Å². The molecule has 0 spiro atoms. The minimum Gasteiger partial charge on any atom is -0.512 e. The van der Waals surface area contributed by atoms with Crippen LogP contribution >= 0.6 is 0 Å². The fourth-order valence-electron chi connectivity index (χ4n) is 11.9. The number of hydrogen-bond acceptors (Lipinski definition) is 5. The molecule has 2 aliphatic carbocycles. The SMILES string of the molecule is CCC(CC)(CC)C(=O)/C=C(\O)C(CC)(CC)CC.Cc1[c-]c(-c2nccc3cc(C4CCCC4)ccc23)c2oc3ccccc3c2c1.Cc1[c-]c(-c2nccc3cc(C4CCCC4)ccc23)cc(C)c1.[Ir]. The summed E-state index contributed by atoms with van der Waals surface area (Å²) in [6, 6.07) is 39.8. The monoisotopic (exact) mass is 1140 g/mol. The van der Waals surface area contributed by atoms with Crippen molar-refractivity contribution in [2.24, 2.45) is 10.8 Å². The standard InChI is InChI=1S/C27H22NO.C22H22N.C17H32O2.Ir/c1-17-14-23-22-8-4-5-9-25(22)29-27(23)24(15-17)26-21-11-10-19(18-6-2-3-7-18)16-20(21)12-13-28-26;1-15-11-16(2)13-20(12-15)22-21-8-7-18(17-5-3-4-6-17)14-19(21)9-10-23-22;1-7-16(8-2,9-3)14(18)13-15(19)17(10-4,11-5)12-6;/h4-5,8-14,16,18H,2-3,6-7H2,1H3;7-12,14,17H,3-6H2,1-2H3;13,18H,7-12H2,1-6H3;/q2*-1;;/b;;14-13-;. The maximum atomic E-state index is 12.5. The van der Waals surface area contributed by atoms with Gasteiger partial charge in [0.1, 0.15) is 11.3 Å². The first-order chi connectivity index (χ1) is 34.4. The molecule has 5 nitrogen and oxygen atoms in total. The van der Waals surface area contributed by atoms with E-state index in [1.165, 1.54) is 95.9 Å². The predicted molar refractivity (Wildman–Crippen MR) is 298 cm³/mol. The van der Waals surface area contributed by atoms with Crippen LogP contribution in [0.3, 0.4) is 0 Å². The molecule has 0 unspecified atom stereocenters. The Hall–Kier alpha value is -5.42. The Morgan fingerprint density at radius 3 is 1.67 bits per heavy atom. The summed E-state index contributed by atoms with van der Waals surface area (Å²) in [6.07, 6.45) is 21.2. The van der Waals surface area contributed by atoms with E-state index in [1.807, 2.05) is 24.5 Å². The molecule has 2 saturated carbocycles. The Morgan fingerprint density at radius 2 is 1.12 bits per heavy atom. The van der Waals surface area contributed by atoms with Crippen molar-refractivity contribution in [1.82, 2.24) is 9.97 Å². The zero-order chi connectivity index (χ0) is 50.3. The third kappa shape index (κ3) is 11.4. The van der Waals surface area contributed by atoms with Crippen LogP contribution in [0.1, 0.15) is 171 Å². The maximum Gasteiger partial charge on any atom is 0.165 e. The van der Waals surface area contributed by atoms with Crippen LogP contribution in [0.5, 0.6) is 0 Å². The van der Waals surface area contributed by atoms with Crippen molar-refractivity contribution in [3.8, 4) is 22.5 Å². The number of aliphatic hydroxyl groups excluding tert-OH is 1. The van der Waals surface area contributed by atoms with Gasteiger partial charge in [-0.15, -0.1) is 52.6 Å². The number of aromatic nitrogens is 2. The first-order valence-electron chi connectivity index (χ1n) is 27.0. The molecule has 3 aromatic heterocycles. The summed E-state index contributed by atoms with van der Waals surface area (Å²) in [6.45, 7) is 18.7. The summed E-state index contributed by atoms with van der Waals surface area (Å²) in [7, 11) is 0. The summed E-state index contributed by atoms with van der Waals surface area (Å²) in [5.74, 6) is 1.84. The Bertz CT molecular complexity index is 3120. The number of rotatable bonds is 13. The number of aliphatic hydroxyl groups is 1. The number of benzene rings is 5. The van der Waals surface area contributed by atoms with Crippen LogP contribution in [-0.2, 0) is 24.9 Å². The van der Waals surface area contributed by atoms with Gasteiger partial charge in [0.15, 0.2) is 5.78 Å². The summed E-state index contributed by atoms with van der Waals surface area (Å²) in [5, 5.41) is 17.6. The van der Waals surface area contributed by atoms with Crippen molar-refractivity contribution in [2.75, 3.05) is 0 Å². The van der Waals surface area contributed by atoms with Crippen molar-refractivity contribution in [3.63, 3.8) is 0 Å². The van der Waals surface area contributed by atoms with E-state index >= 15 is 0 Å². The number of hydrogen-bond donors (Lipinski definition) is 1. The molecule has 0 atom stereocenters. The minimum atomic E-state index is -0.297. The van der Waals surface area contributed by atoms with E-state index in [0.717, 1.165) is 99.8 Å². The molecule has 379 valence electrons. The van der Waals surface area contributed by atoms with Crippen molar-refractivity contribution in [3.05, 3.63) is 155 Å². The fourth-order valence-corrected chi connectivity index (χ4v) is 11.9. The fraction of sp³-hybridized carbons (Fsp3) is 0.409. The number of carbonyl (C=O) groups is 1. The molecular weight excluding hydrogens is 1060 g/mol. The minimum absolute atomic E-state index is 0. The molecule has 72 heavy (non-hydrogen) atoms. The molecule has 0 saturated heterocycles.